The van der Waals surface area contributed by atoms with Crippen LogP contribution in [0, 0.1) is 6.92 Å². The van der Waals surface area contributed by atoms with Gasteiger partial charge < -0.3 is 19.5 Å². The minimum Gasteiger partial charge on any atom is -0.376 e. The van der Waals surface area contributed by atoms with Crippen LogP contribution >= 0.6 is 24.0 Å². The smallest absolute Gasteiger partial charge is 0.376 e. The number of hydrogen-bond acceptors (Lipinski definition) is 5. The van der Waals surface area contributed by atoms with Gasteiger partial charge in [0.15, 0.2) is 11.8 Å². The molecule has 2 atom stereocenters. The van der Waals surface area contributed by atoms with Crippen molar-refractivity contribution in [2.24, 2.45) is 12.0 Å². The predicted molar refractivity (Wildman–Crippen MR) is 118 cm³/mol. The maximum atomic E-state index is 13.0. The zero-order valence-corrected chi connectivity index (χ0v) is 20.0. The van der Waals surface area contributed by atoms with Crippen LogP contribution in [0.1, 0.15) is 31.4 Å². The number of nitrogens with one attached hydrogen (secondary N) is 1. The Morgan fingerprint density at radius 2 is 1.97 bits per heavy atom. The number of alkyl halides is 3. The number of hydrogen-bond donors (Lipinski definition) is 1. The summed E-state index contributed by atoms with van der Waals surface area (Å²) in [5.74, 6) is 2.22. The van der Waals surface area contributed by atoms with Gasteiger partial charge in [-0.1, -0.05) is 0 Å². The Morgan fingerprint density at radius 1 is 1.27 bits per heavy atom. The molecule has 0 aliphatic carbocycles. The molecule has 2 aliphatic heterocycles. The second-order valence-electron chi connectivity index (χ2n) is 7.62. The zero-order valence-electron chi connectivity index (χ0n) is 17.7. The summed E-state index contributed by atoms with van der Waals surface area (Å²) in [4.78, 5) is 8.17. The van der Waals surface area contributed by atoms with Crippen molar-refractivity contribution in [2.45, 2.75) is 51.6 Å². The SMILES string of the molecule is Cc1nnc(CN=C(NCC2CCCO2)N2CCN(C(C)C(F)(F)F)CC2)n1C.I. The maximum Gasteiger partial charge on any atom is 0.403 e. The van der Waals surface area contributed by atoms with Crippen molar-refractivity contribution in [2.75, 3.05) is 39.3 Å². The summed E-state index contributed by atoms with van der Waals surface area (Å²) in [6.07, 6.45) is -2.02. The third kappa shape index (κ3) is 6.42. The first-order valence-electron chi connectivity index (χ1n) is 10.1. The number of piperazine rings is 1. The van der Waals surface area contributed by atoms with Crippen molar-refractivity contribution in [1.29, 1.82) is 0 Å². The van der Waals surface area contributed by atoms with Crippen LogP contribution in [0.3, 0.4) is 0 Å². The third-order valence-electron chi connectivity index (χ3n) is 5.70. The zero-order chi connectivity index (χ0) is 21.0. The van der Waals surface area contributed by atoms with Gasteiger partial charge in [0.1, 0.15) is 18.4 Å². The highest BCUT2D eigenvalue weighted by molar-refractivity contribution is 14.0. The molecule has 172 valence electrons. The highest BCUT2D eigenvalue weighted by Crippen LogP contribution is 2.25. The number of guanidine groups is 1. The van der Waals surface area contributed by atoms with Crippen LogP contribution in [0.25, 0.3) is 0 Å². The van der Waals surface area contributed by atoms with Gasteiger partial charge in [0.2, 0.25) is 0 Å². The summed E-state index contributed by atoms with van der Waals surface area (Å²) < 4.78 is 46.6. The van der Waals surface area contributed by atoms with E-state index >= 15 is 0 Å². The molecule has 2 fully saturated rings. The quantitative estimate of drug-likeness (QED) is 0.347. The molecular formula is C18H31F3IN7O. The lowest BCUT2D eigenvalue weighted by Crippen LogP contribution is -2.57. The lowest BCUT2D eigenvalue weighted by molar-refractivity contribution is -0.181. The molecule has 12 heteroatoms. The molecule has 3 rings (SSSR count). The molecule has 1 N–H and O–H groups in total. The Bertz CT molecular complexity index is 698. The minimum atomic E-state index is -4.21. The largest absolute Gasteiger partial charge is 0.403 e. The standard InChI is InChI=1S/C18H30F3N7O.HI/c1-13(18(19,20)21)27-6-8-28(9-7-27)17(22-11-15-5-4-10-29-15)23-12-16-25-24-14(2)26(16)3;/h13,15H,4-12H2,1-3H3,(H,22,23);1H. The van der Waals surface area contributed by atoms with Gasteiger partial charge in [0.05, 0.1) is 6.10 Å². The first kappa shape index (κ1) is 25.1. The van der Waals surface area contributed by atoms with Crippen molar-refractivity contribution in [1.82, 2.24) is 29.9 Å². The fraction of sp³-hybridized carbons (Fsp3) is 0.833. The highest BCUT2D eigenvalue weighted by Gasteiger charge is 2.41. The van der Waals surface area contributed by atoms with E-state index < -0.39 is 12.2 Å². The lowest BCUT2D eigenvalue weighted by atomic mass is 10.2. The van der Waals surface area contributed by atoms with Gasteiger partial charge in [0, 0.05) is 46.4 Å². The average molecular weight is 545 g/mol. The normalized spacial score (nSPS) is 22.1. The molecule has 1 aromatic heterocycles. The monoisotopic (exact) mass is 545 g/mol. The van der Waals surface area contributed by atoms with Crippen molar-refractivity contribution in [3.63, 3.8) is 0 Å². The van der Waals surface area contributed by atoms with Gasteiger partial charge in [-0.05, 0) is 26.7 Å². The number of aromatic nitrogens is 3. The molecule has 2 unspecified atom stereocenters. The van der Waals surface area contributed by atoms with E-state index in [0.717, 1.165) is 31.1 Å². The molecule has 0 bridgehead atoms. The van der Waals surface area contributed by atoms with Crippen LogP contribution < -0.4 is 5.32 Å². The Morgan fingerprint density at radius 3 is 2.50 bits per heavy atom. The van der Waals surface area contributed by atoms with Crippen LogP contribution in [-0.4, -0.2) is 88.2 Å². The molecule has 2 aliphatic rings. The Hall–Kier alpha value is -1.15. The Kier molecular flexibility index (Phi) is 9.15. The fourth-order valence-corrected chi connectivity index (χ4v) is 3.54. The van der Waals surface area contributed by atoms with Gasteiger partial charge in [-0.25, -0.2) is 4.99 Å². The molecule has 8 nitrogen and oxygen atoms in total. The van der Waals surface area contributed by atoms with Gasteiger partial charge in [-0.15, -0.1) is 34.2 Å². The van der Waals surface area contributed by atoms with E-state index in [-0.39, 0.29) is 30.1 Å². The van der Waals surface area contributed by atoms with Crippen molar-refractivity contribution < 1.29 is 17.9 Å². The van der Waals surface area contributed by atoms with Crippen molar-refractivity contribution in [3.05, 3.63) is 11.6 Å². The topological polar surface area (TPSA) is 70.8 Å². The van der Waals surface area contributed by atoms with Crippen LogP contribution in [0.2, 0.25) is 0 Å². The van der Waals surface area contributed by atoms with E-state index in [1.54, 1.807) is 0 Å². The Labute approximate surface area is 192 Å². The molecule has 0 amide bonds. The van der Waals surface area contributed by atoms with Crippen LogP contribution in [0.15, 0.2) is 4.99 Å². The molecule has 0 spiro atoms. The second kappa shape index (κ2) is 10.9. The fourth-order valence-electron chi connectivity index (χ4n) is 3.54. The first-order chi connectivity index (χ1) is 13.8. The third-order valence-corrected chi connectivity index (χ3v) is 5.70. The average Bonchev–Trinajstić information content (AvgIpc) is 3.32. The lowest BCUT2D eigenvalue weighted by Gasteiger charge is -2.39. The predicted octanol–water partition coefficient (Wildman–Crippen LogP) is 1.93. The minimum absolute atomic E-state index is 0. The molecule has 0 saturated carbocycles. The van der Waals surface area contributed by atoms with Gasteiger partial charge in [-0.3, -0.25) is 4.90 Å². The van der Waals surface area contributed by atoms with E-state index in [2.05, 4.69) is 20.5 Å². The first-order valence-corrected chi connectivity index (χ1v) is 10.1. The second-order valence-corrected chi connectivity index (χ2v) is 7.62. The molecular weight excluding hydrogens is 514 g/mol. The van der Waals surface area contributed by atoms with Crippen LogP contribution in [0.5, 0.6) is 0 Å². The van der Waals surface area contributed by atoms with E-state index in [1.807, 2.05) is 23.4 Å². The number of nitrogens with zero attached hydrogens (tertiary/aromatic N) is 6. The number of halogens is 4. The summed E-state index contributed by atoms with van der Waals surface area (Å²) in [6, 6.07) is -1.44. The molecule has 30 heavy (non-hydrogen) atoms. The van der Waals surface area contributed by atoms with Crippen molar-refractivity contribution in [3.8, 4) is 0 Å². The number of ether oxygens (including phenoxy) is 1. The number of rotatable bonds is 5. The molecule has 1 aromatic rings. The number of aliphatic imine (C=N–C) groups is 1. The summed E-state index contributed by atoms with van der Waals surface area (Å²) >= 11 is 0. The molecule has 0 radical (unpaired) electrons. The van der Waals surface area contributed by atoms with E-state index in [9.17, 15) is 13.2 Å². The van der Waals surface area contributed by atoms with Crippen LogP contribution in [-0.2, 0) is 18.3 Å². The molecule has 0 aromatic carbocycles. The van der Waals surface area contributed by atoms with Crippen LogP contribution in [0.4, 0.5) is 13.2 Å². The Balaban J connectivity index is 0.00000320. The van der Waals surface area contributed by atoms with E-state index in [0.29, 0.717) is 45.2 Å². The van der Waals surface area contributed by atoms with E-state index in [4.69, 9.17) is 4.74 Å². The number of aryl methyl sites for hydroxylation is 1. The van der Waals surface area contributed by atoms with Gasteiger partial charge >= 0.3 is 6.18 Å². The molecule has 3 heterocycles. The van der Waals surface area contributed by atoms with Gasteiger partial charge in [-0.2, -0.15) is 13.2 Å². The highest BCUT2D eigenvalue weighted by atomic mass is 127. The van der Waals surface area contributed by atoms with E-state index in [1.165, 1.54) is 11.8 Å². The summed E-state index contributed by atoms with van der Waals surface area (Å²) in [6.45, 7) is 6.49. The summed E-state index contributed by atoms with van der Waals surface area (Å²) in [7, 11) is 1.89. The van der Waals surface area contributed by atoms with Gasteiger partial charge in [0.25, 0.3) is 0 Å². The summed E-state index contributed by atoms with van der Waals surface area (Å²) in [5.41, 5.74) is 0. The van der Waals surface area contributed by atoms with Crippen molar-refractivity contribution >= 4 is 29.9 Å². The maximum absolute atomic E-state index is 13.0. The summed E-state index contributed by atoms with van der Waals surface area (Å²) in [5, 5.41) is 11.5. The molecule has 2 saturated heterocycles.